The molecule has 1 aliphatic heterocycles. The first kappa shape index (κ1) is 17.0. The zero-order chi connectivity index (χ0) is 19.3. The molecule has 2 fully saturated rings. The number of benzene rings is 1. The second-order valence-corrected chi connectivity index (χ2v) is 7.64. The zero-order valence-electron chi connectivity index (χ0n) is 15.2. The fourth-order valence-corrected chi connectivity index (χ4v) is 4.89. The number of para-hydroxylation sites is 1. The van der Waals surface area contributed by atoms with Crippen molar-refractivity contribution in [3.63, 3.8) is 0 Å². The van der Waals surface area contributed by atoms with Gasteiger partial charge in [0.1, 0.15) is 11.7 Å². The van der Waals surface area contributed by atoms with Crippen LogP contribution in [-0.2, 0) is 4.79 Å². The summed E-state index contributed by atoms with van der Waals surface area (Å²) in [6.45, 7) is 0.507. The number of amides is 1. The molecule has 5 rings (SSSR count). The normalized spacial score (nSPS) is 23.9. The highest BCUT2D eigenvalue weighted by molar-refractivity contribution is 6.08. The number of hydrogen-bond donors (Lipinski definition) is 1. The third-order valence-corrected chi connectivity index (χ3v) is 6.12. The summed E-state index contributed by atoms with van der Waals surface area (Å²) in [6.07, 6.45) is 4.48. The lowest BCUT2D eigenvalue weighted by Crippen LogP contribution is -2.43. The van der Waals surface area contributed by atoms with Gasteiger partial charge in [-0.2, -0.15) is 0 Å². The van der Waals surface area contributed by atoms with E-state index in [0.29, 0.717) is 29.1 Å². The third-order valence-electron chi connectivity index (χ3n) is 6.12. The summed E-state index contributed by atoms with van der Waals surface area (Å²) in [5, 5.41) is 10.5. The Morgan fingerprint density at radius 1 is 1.14 bits per heavy atom. The van der Waals surface area contributed by atoms with Crippen molar-refractivity contribution in [1.29, 1.82) is 0 Å². The minimum absolute atomic E-state index is 0.0547. The Kier molecular flexibility index (Phi) is 3.93. The molecular formula is C22H20N2O4. The Morgan fingerprint density at radius 2 is 2.00 bits per heavy atom. The predicted molar refractivity (Wildman–Crippen MR) is 103 cm³/mol. The molecule has 0 spiro atoms. The van der Waals surface area contributed by atoms with Crippen molar-refractivity contribution >= 4 is 22.8 Å². The molecule has 2 aromatic heterocycles. The fourth-order valence-electron chi connectivity index (χ4n) is 4.89. The monoisotopic (exact) mass is 376 g/mol. The summed E-state index contributed by atoms with van der Waals surface area (Å²) in [4.78, 5) is 31.7. The molecule has 3 atom stereocenters. The number of carboxylic acids is 1. The van der Waals surface area contributed by atoms with E-state index in [4.69, 9.17) is 4.42 Å². The number of furan rings is 1. The van der Waals surface area contributed by atoms with Crippen molar-refractivity contribution in [2.45, 2.75) is 25.3 Å². The van der Waals surface area contributed by atoms with Crippen LogP contribution in [0.3, 0.4) is 0 Å². The summed E-state index contributed by atoms with van der Waals surface area (Å²) in [6, 6.07) is 12.0. The van der Waals surface area contributed by atoms with Gasteiger partial charge in [0.25, 0.3) is 5.91 Å². The summed E-state index contributed by atoms with van der Waals surface area (Å²) in [5.41, 5.74) is 1.73. The number of likely N-dealkylation sites (tertiary alicyclic amines) is 1. The number of rotatable bonds is 3. The van der Waals surface area contributed by atoms with Gasteiger partial charge in [-0.05, 0) is 48.9 Å². The van der Waals surface area contributed by atoms with Crippen LogP contribution in [0.15, 0.2) is 53.1 Å². The van der Waals surface area contributed by atoms with Gasteiger partial charge < -0.3 is 14.4 Å². The van der Waals surface area contributed by atoms with Gasteiger partial charge in [0.15, 0.2) is 5.76 Å². The summed E-state index contributed by atoms with van der Waals surface area (Å²) >= 11 is 0. The molecule has 1 aromatic carbocycles. The molecule has 1 N–H and O–H groups in total. The lowest BCUT2D eigenvalue weighted by atomic mass is 9.94. The number of aliphatic carboxylic acids is 1. The minimum Gasteiger partial charge on any atom is -0.480 e. The molecule has 1 aliphatic carbocycles. The number of hydrogen-bond acceptors (Lipinski definition) is 4. The maximum atomic E-state index is 13.5. The standard InChI is InChI=1S/C22H20N2O4/c25-21(24-12-13-5-3-7-14(13)20(24)22(26)27)16-11-18(19-9-4-10-28-19)23-17-8-2-1-6-15(16)17/h1-2,4,6,8-11,13-14,20H,3,5,7,12H2,(H,26,27). The van der Waals surface area contributed by atoms with E-state index in [1.165, 1.54) is 0 Å². The Bertz CT molecular complexity index is 1060. The molecule has 1 amide bonds. The highest BCUT2D eigenvalue weighted by Crippen LogP contribution is 2.43. The van der Waals surface area contributed by atoms with Crippen molar-refractivity contribution in [1.82, 2.24) is 9.88 Å². The number of aromatic nitrogens is 1. The first-order valence-electron chi connectivity index (χ1n) is 9.61. The second kappa shape index (κ2) is 6.48. The highest BCUT2D eigenvalue weighted by Gasteiger charge is 2.49. The molecular weight excluding hydrogens is 356 g/mol. The van der Waals surface area contributed by atoms with Gasteiger partial charge in [0.05, 0.1) is 17.3 Å². The van der Waals surface area contributed by atoms with Gasteiger partial charge in [0, 0.05) is 11.9 Å². The lowest BCUT2D eigenvalue weighted by Gasteiger charge is -2.25. The van der Waals surface area contributed by atoms with Gasteiger partial charge in [0.2, 0.25) is 0 Å². The zero-order valence-corrected chi connectivity index (χ0v) is 15.2. The quantitative estimate of drug-likeness (QED) is 0.751. The van der Waals surface area contributed by atoms with Crippen LogP contribution in [0, 0.1) is 11.8 Å². The molecule has 3 unspecified atom stereocenters. The van der Waals surface area contributed by atoms with Crippen LogP contribution < -0.4 is 0 Å². The van der Waals surface area contributed by atoms with E-state index in [9.17, 15) is 14.7 Å². The SMILES string of the molecule is O=C(O)C1C2CCCC2CN1C(=O)c1cc(-c2ccco2)nc2ccccc12. The largest absolute Gasteiger partial charge is 0.480 e. The van der Waals surface area contributed by atoms with Crippen LogP contribution in [-0.4, -0.2) is 39.5 Å². The average Bonchev–Trinajstić information content (AvgIpc) is 3.42. The van der Waals surface area contributed by atoms with Gasteiger partial charge in [-0.1, -0.05) is 24.6 Å². The summed E-state index contributed by atoms with van der Waals surface area (Å²) < 4.78 is 5.47. The van der Waals surface area contributed by atoms with Crippen LogP contribution in [0.2, 0.25) is 0 Å². The van der Waals surface area contributed by atoms with Gasteiger partial charge >= 0.3 is 5.97 Å². The highest BCUT2D eigenvalue weighted by atomic mass is 16.4. The Balaban J connectivity index is 1.62. The van der Waals surface area contributed by atoms with Crippen molar-refractivity contribution in [2.24, 2.45) is 11.8 Å². The van der Waals surface area contributed by atoms with Crippen molar-refractivity contribution in [3.05, 3.63) is 54.3 Å². The van der Waals surface area contributed by atoms with Crippen molar-refractivity contribution in [3.8, 4) is 11.5 Å². The van der Waals surface area contributed by atoms with Crippen LogP contribution >= 0.6 is 0 Å². The molecule has 142 valence electrons. The average molecular weight is 376 g/mol. The number of nitrogens with zero attached hydrogens (tertiary/aromatic N) is 2. The summed E-state index contributed by atoms with van der Waals surface area (Å²) in [7, 11) is 0. The summed E-state index contributed by atoms with van der Waals surface area (Å²) in [5.74, 6) is -0.241. The first-order valence-corrected chi connectivity index (χ1v) is 9.61. The second-order valence-electron chi connectivity index (χ2n) is 7.64. The van der Waals surface area contributed by atoms with Crippen molar-refractivity contribution < 1.29 is 19.1 Å². The Hall–Kier alpha value is -3.15. The molecule has 3 aromatic rings. The number of carboxylic acid groups (broad SMARTS) is 1. The smallest absolute Gasteiger partial charge is 0.326 e. The molecule has 0 radical (unpaired) electrons. The van der Waals surface area contributed by atoms with E-state index in [0.717, 1.165) is 24.6 Å². The molecule has 6 nitrogen and oxygen atoms in total. The topological polar surface area (TPSA) is 83.6 Å². The van der Waals surface area contributed by atoms with Gasteiger partial charge in [-0.15, -0.1) is 0 Å². The van der Waals surface area contributed by atoms with Crippen LogP contribution in [0.5, 0.6) is 0 Å². The number of carbonyl (C=O) groups excluding carboxylic acids is 1. The maximum Gasteiger partial charge on any atom is 0.326 e. The van der Waals surface area contributed by atoms with E-state index in [1.807, 2.05) is 24.3 Å². The molecule has 0 bridgehead atoms. The predicted octanol–water partition coefficient (Wildman–Crippen LogP) is 3.82. The van der Waals surface area contributed by atoms with Gasteiger partial charge in [-0.25, -0.2) is 9.78 Å². The van der Waals surface area contributed by atoms with E-state index in [-0.39, 0.29) is 17.7 Å². The van der Waals surface area contributed by atoms with Gasteiger partial charge in [-0.3, -0.25) is 4.79 Å². The third kappa shape index (κ3) is 2.59. The Labute approximate surface area is 161 Å². The van der Waals surface area contributed by atoms with E-state index >= 15 is 0 Å². The van der Waals surface area contributed by atoms with E-state index in [1.54, 1.807) is 29.4 Å². The molecule has 2 aliphatic rings. The first-order chi connectivity index (χ1) is 13.6. The number of carbonyl (C=O) groups is 2. The maximum absolute atomic E-state index is 13.5. The molecule has 3 heterocycles. The van der Waals surface area contributed by atoms with E-state index in [2.05, 4.69) is 4.98 Å². The van der Waals surface area contributed by atoms with Crippen molar-refractivity contribution in [2.75, 3.05) is 6.54 Å². The molecule has 1 saturated carbocycles. The number of pyridine rings is 1. The Morgan fingerprint density at radius 3 is 2.79 bits per heavy atom. The minimum atomic E-state index is -0.910. The van der Waals surface area contributed by atoms with E-state index < -0.39 is 12.0 Å². The van der Waals surface area contributed by atoms with Crippen LogP contribution in [0.1, 0.15) is 29.6 Å². The molecule has 28 heavy (non-hydrogen) atoms. The fraction of sp³-hybridized carbons (Fsp3) is 0.318. The molecule has 1 saturated heterocycles. The molecule has 6 heteroatoms. The number of fused-ring (bicyclic) bond motifs is 2. The van der Waals surface area contributed by atoms with Crippen LogP contribution in [0.25, 0.3) is 22.4 Å². The lowest BCUT2D eigenvalue weighted by molar-refractivity contribution is -0.142. The van der Waals surface area contributed by atoms with Crippen LogP contribution in [0.4, 0.5) is 0 Å².